The van der Waals surface area contributed by atoms with E-state index in [9.17, 15) is 0 Å². The molecule has 0 radical (unpaired) electrons. The third-order valence-electron chi connectivity index (χ3n) is 2.73. The monoisotopic (exact) mass is 277 g/mol. The van der Waals surface area contributed by atoms with Crippen molar-refractivity contribution in [1.82, 2.24) is 14.8 Å². The van der Waals surface area contributed by atoms with Gasteiger partial charge in [0.2, 0.25) is 0 Å². The van der Waals surface area contributed by atoms with Gasteiger partial charge in [0.1, 0.15) is 0 Å². The predicted molar refractivity (Wildman–Crippen MR) is 78.3 cm³/mol. The smallest absolute Gasteiger partial charge is 0.191 e. The number of rotatable bonds is 7. The number of benzene rings is 1. The van der Waals surface area contributed by atoms with E-state index in [1.54, 1.807) is 11.8 Å². The van der Waals surface area contributed by atoms with Crippen molar-refractivity contribution in [3.8, 4) is 11.4 Å². The zero-order valence-corrected chi connectivity index (χ0v) is 12.2. The molecule has 102 valence electrons. The molecule has 1 heterocycles. The minimum Gasteiger partial charge on any atom is -0.381 e. The van der Waals surface area contributed by atoms with Crippen LogP contribution >= 0.6 is 11.8 Å². The average Bonchev–Trinajstić information content (AvgIpc) is 2.87. The Balaban J connectivity index is 2.12. The molecule has 4 nitrogen and oxygen atoms in total. The van der Waals surface area contributed by atoms with Gasteiger partial charge in [-0.1, -0.05) is 42.1 Å². The fourth-order valence-electron chi connectivity index (χ4n) is 1.82. The van der Waals surface area contributed by atoms with Crippen LogP contribution in [0.15, 0.2) is 35.5 Å². The first-order valence-electron chi connectivity index (χ1n) is 6.56. The summed E-state index contributed by atoms with van der Waals surface area (Å²) in [4.78, 5) is 0. The van der Waals surface area contributed by atoms with Crippen LogP contribution in [0.2, 0.25) is 0 Å². The van der Waals surface area contributed by atoms with Crippen LogP contribution in [-0.2, 0) is 11.3 Å². The molecule has 0 aliphatic heterocycles. The average molecular weight is 277 g/mol. The van der Waals surface area contributed by atoms with Gasteiger partial charge >= 0.3 is 0 Å². The Kier molecular flexibility index (Phi) is 5.42. The van der Waals surface area contributed by atoms with E-state index in [1.165, 1.54) is 0 Å². The SMILES string of the molecule is CCOCCSc1nnc(-c2ccccc2)n1CC. The molecule has 0 aliphatic carbocycles. The Labute approximate surface area is 118 Å². The fraction of sp³-hybridized carbons (Fsp3) is 0.429. The molecule has 0 bridgehead atoms. The van der Waals surface area contributed by atoms with E-state index in [0.29, 0.717) is 0 Å². The lowest BCUT2D eigenvalue weighted by Crippen LogP contribution is -2.02. The van der Waals surface area contributed by atoms with Crippen molar-refractivity contribution in [2.45, 2.75) is 25.5 Å². The van der Waals surface area contributed by atoms with Crippen LogP contribution < -0.4 is 0 Å². The van der Waals surface area contributed by atoms with E-state index in [2.05, 4.69) is 33.8 Å². The van der Waals surface area contributed by atoms with Crippen molar-refractivity contribution < 1.29 is 4.74 Å². The molecule has 0 saturated heterocycles. The van der Waals surface area contributed by atoms with Crippen LogP contribution in [0.5, 0.6) is 0 Å². The van der Waals surface area contributed by atoms with Gasteiger partial charge in [-0.15, -0.1) is 10.2 Å². The zero-order chi connectivity index (χ0) is 13.5. The third kappa shape index (κ3) is 3.58. The van der Waals surface area contributed by atoms with Gasteiger partial charge in [0.15, 0.2) is 11.0 Å². The van der Waals surface area contributed by atoms with Gasteiger partial charge in [-0.3, -0.25) is 0 Å². The highest BCUT2D eigenvalue weighted by Crippen LogP contribution is 2.23. The van der Waals surface area contributed by atoms with E-state index < -0.39 is 0 Å². The lowest BCUT2D eigenvalue weighted by atomic mass is 10.2. The maximum absolute atomic E-state index is 5.34. The number of thioether (sulfide) groups is 1. The topological polar surface area (TPSA) is 39.9 Å². The minimum absolute atomic E-state index is 0.748. The molecule has 1 aromatic carbocycles. The van der Waals surface area contributed by atoms with E-state index in [-0.39, 0.29) is 0 Å². The van der Waals surface area contributed by atoms with Gasteiger partial charge in [-0.2, -0.15) is 0 Å². The standard InChI is InChI=1S/C14H19N3OS/c1-3-17-13(12-8-6-5-7-9-12)15-16-14(17)19-11-10-18-4-2/h5-9H,3-4,10-11H2,1-2H3. The second-order valence-electron chi connectivity index (χ2n) is 3.96. The molecule has 2 rings (SSSR count). The van der Waals surface area contributed by atoms with Gasteiger partial charge in [0.25, 0.3) is 0 Å². The molecule has 0 spiro atoms. The van der Waals surface area contributed by atoms with Crippen LogP contribution in [0.25, 0.3) is 11.4 Å². The molecule has 0 aliphatic rings. The Morgan fingerprint density at radius 3 is 2.63 bits per heavy atom. The van der Waals surface area contributed by atoms with E-state index in [1.807, 2.05) is 25.1 Å². The van der Waals surface area contributed by atoms with E-state index in [4.69, 9.17) is 4.74 Å². The Morgan fingerprint density at radius 1 is 1.16 bits per heavy atom. The number of aromatic nitrogens is 3. The highest BCUT2D eigenvalue weighted by molar-refractivity contribution is 7.99. The highest BCUT2D eigenvalue weighted by atomic mass is 32.2. The molecule has 0 unspecified atom stereocenters. The first kappa shape index (κ1) is 14.1. The van der Waals surface area contributed by atoms with Crippen LogP contribution in [0.1, 0.15) is 13.8 Å². The number of hydrogen-bond acceptors (Lipinski definition) is 4. The van der Waals surface area contributed by atoms with Gasteiger partial charge < -0.3 is 9.30 Å². The predicted octanol–water partition coefficient (Wildman–Crippen LogP) is 3.09. The molecule has 0 atom stereocenters. The zero-order valence-electron chi connectivity index (χ0n) is 11.4. The first-order chi connectivity index (χ1) is 9.36. The molecule has 1 aromatic heterocycles. The van der Waals surface area contributed by atoms with Gasteiger partial charge in [0, 0.05) is 24.5 Å². The maximum Gasteiger partial charge on any atom is 0.191 e. The second kappa shape index (κ2) is 7.31. The Hall–Kier alpha value is -1.33. The molecule has 2 aromatic rings. The number of hydrogen-bond donors (Lipinski definition) is 0. The van der Waals surface area contributed by atoms with Crippen molar-refractivity contribution in [3.05, 3.63) is 30.3 Å². The Morgan fingerprint density at radius 2 is 1.95 bits per heavy atom. The molecular weight excluding hydrogens is 258 g/mol. The van der Waals surface area contributed by atoms with Crippen molar-refractivity contribution in [1.29, 1.82) is 0 Å². The van der Waals surface area contributed by atoms with E-state index >= 15 is 0 Å². The summed E-state index contributed by atoms with van der Waals surface area (Å²) in [5.41, 5.74) is 1.11. The molecular formula is C14H19N3OS. The second-order valence-corrected chi connectivity index (χ2v) is 5.02. The summed E-state index contributed by atoms with van der Waals surface area (Å²) in [6.45, 7) is 6.50. The van der Waals surface area contributed by atoms with Crippen LogP contribution in [0.3, 0.4) is 0 Å². The minimum atomic E-state index is 0.748. The quantitative estimate of drug-likeness (QED) is 0.576. The first-order valence-corrected chi connectivity index (χ1v) is 7.54. The normalized spacial score (nSPS) is 10.8. The van der Waals surface area contributed by atoms with Gasteiger partial charge in [-0.05, 0) is 13.8 Å². The fourth-order valence-corrected chi connectivity index (χ4v) is 2.67. The van der Waals surface area contributed by atoms with E-state index in [0.717, 1.165) is 42.1 Å². The Bertz CT molecular complexity index is 499. The van der Waals surface area contributed by atoms with Crippen molar-refractivity contribution >= 4 is 11.8 Å². The molecule has 0 amide bonds. The summed E-state index contributed by atoms with van der Waals surface area (Å²) in [5.74, 6) is 1.84. The molecule has 0 saturated carbocycles. The molecule has 5 heteroatoms. The molecule has 0 fully saturated rings. The summed E-state index contributed by atoms with van der Waals surface area (Å²) < 4.78 is 7.49. The van der Waals surface area contributed by atoms with Crippen LogP contribution in [0, 0.1) is 0 Å². The molecule has 0 N–H and O–H groups in total. The summed E-state index contributed by atoms with van der Waals surface area (Å²) >= 11 is 1.69. The van der Waals surface area contributed by atoms with Crippen molar-refractivity contribution in [2.75, 3.05) is 19.0 Å². The maximum atomic E-state index is 5.34. The highest BCUT2D eigenvalue weighted by Gasteiger charge is 2.12. The van der Waals surface area contributed by atoms with Gasteiger partial charge in [0.05, 0.1) is 6.61 Å². The lowest BCUT2D eigenvalue weighted by Gasteiger charge is -2.07. The lowest BCUT2D eigenvalue weighted by molar-refractivity contribution is 0.164. The summed E-state index contributed by atoms with van der Waals surface area (Å²) in [7, 11) is 0. The number of ether oxygens (including phenoxy) is 1. The van der Waals surface area contributed by atoms with Crippen molar-refractivity contribution in [2.24, 2.45) is 0 Å². The van der Waals surface area contributed by atoms with Crippen LogP contribution in [-0.4, -0.2) is 33.7 Å². The number of nitrogens with zero attached hydrogens (tertiary/aromatic N) is 3. The molecule has 19 heavy (non-hydrogen) atoms. The largest absolute Gasteiger partial charge is 0.381 e. The van der Waals surface area contributed by atoms with Crippen LogP contribution in [0.4, 0.5) is 0 Å². The van der Waals surface area contributed by atoms with Crippen molar-refractivity contribution in [3.63, 3.8) is 0 Å². The summed E-state index contributed by atoms with van der Waals surface area (Å²) in [5, 5.41) is 9.55. The summed E-state index contributed by atoms with van der Waals surface area (Å²) in [6, 6.07) is 10.2. The third-order valence-corrected chi connectivity index (χ3v) is 3.66. The summed E-state index contributed by atoms with van der Waals surface area (Å²) in [6.07, 6.45) is 0. The van der Waals surface area contributed by atoms with Gasteiger partial charge in [-0.25, -0.2) is 0 Å².